The Kier molecular flexibility index (Phi) is 2.52. The Morgan fingerprint density at radius 2 is 1.47 bits per heavy atom. The Bertz CT molecular complexity index is 619. The molecule has 0 atom stereocenters. The van der Waals surface area contributed by atoms with E-state index in [1.165, 1.54) is 0 Å². The van der Waals surface area contributed by atoms with Gasteiger partial charge in [-0.05, 0) is 34.0 Å². The fourth-order valence-electron chi connectivity index (χ4n) is 2.42. The van der Waals surface area contributed by atoms with Gasteiger partial charge >= 0.3 is 12.1 Å². The van der Waals surface area contributed by atoms with Crippen molar-refractivity contribution in [2.45, 2.75) is 19.3 Å². The lowest BCUT2D eigenvalue weighted by Crippen LogP contribution is -2.37. The molecule has 0 fully saturated rings. The summed E-state index contributed by atoms with van der Waals surface area (Å²) in [6, 6.07) is 11.3. The van der Waals surface area contributed by atoms with Gasteiger partial charge in [0.1, 0.15) is 0 Å². The highest BCUT2D eigenvalue weighted by atomic mass is 19.4. The van der Waals surface area contributed by atoms with Crippen LogP contribution >= 0.6 is 0 Å². The van der Waals surface area contributed by atoms with E-state index in [-0.39, 0.29) is 13.1 Å². The van der Waals surface area contributed by atoms with Crippen molar-refractivity contribution in [3.05, 3.63) is 47.5 Å². The molecular weight excluding hydrogens is 255 g/mol. The highest BCUT2D eigenvalue weighted by Gasteiger charge is 2.43. The molecule has 1 aliphatic rings. The molecule has 0 spiro atoms. The minimum Gasteiger partial charge on any atom is -0.326 e. The molecule has 2 aromatic rings. The van der Waals surface area contributed by atoms with Crippen LogP contribution < -0.4 is 0 Å². The van der Waals surface area contributed by atoms with E-state index in [9.17, 15) is 18.0 Å². The number of halogens is 3. The SMILES string of the molecule is O=C(N1Cc2cc3ccccc3cc2C1)C(F)(F)F. The number of nitrogens with zero attached hydrogens (tertiary/aromatic N) is 1. The van der Waals surface area contributed by atoms with E-state index in [0.717, 1.165) is 26.8 Å². The molecule has 0 aliphatic carbocycles. The van der Waals surface area contributed by atoms with Gasteiger partial charge < -0.3 is 4.90 Å². The predicted octanol–water partition coefficient (Wildman–Crippen LogP) is 3.24. The molecule has 5 heteroatoms. The summed E-state index contributed by atoms with van der Waals surface area (Å²) in [7, 11) is 0. The Balaban J connectivity index is 1.96. The first-order valence-corrected chi connectivity index (χ1v) is 5.82. The summed E-state index contributed by atoms with van der Waals surface area (Å²) in [6.45, 7) is 0.0526. The number of alkyl halides is 3. The largest absolute Gasteiger partial charge is 0.471 e. The van der Waals surface area contributed by atoms with Gasteiger partial charge in [-0.25, -0.2) is 0 Å². The first-order valence-electron chi connectivity index (χ1n) is 5.82. The zero-order chi connectivity index (χ0) is 13.6. The Morgan fingerprint density at radius 3 is 1.89 bits per heavy atom. The van der Waals surface area contributed by atoms with Crippen LogP contribution in [-0.4, -0.2) is 17.0 Å². The third-order valence-corrected chi connectivity index (χ3v) is 3.32. The summed E-state index contributed by atoms with van der Waals surface area (Å²) in [4.78, 5) is 12.1. The lowest BCUT2D eigenvalue weighted by Gasteiger charge is -2.16. The van der Waals surface area contributed by atoms with E-state index in [1.807, 2.05) is 36.4 Å². The summed E-state index contributed by atoms with van der Waals surface area (Å²) in [5, 5.41) is 1.95. The zero-order valence-electron chi connectivity index (χ0n) is 9.87. The van der Waals surface area contributed by atoms with Crippen LogP contribution in [0.1, 0.15) is 11.1 Å². The number of hydrogen-bond donors (Lipinski definition) is 0. The van der Waals surface area contributed by atoms with Crippen LogP contribution in [0.25, 0.3) is 10.8 Å². The number of hydrogen-bond acceptors (Lipinski definition) is 1. The van der Waals surface area contributed by atoms with Crippen LogP contribution in [0.3, 0.4) is 0 Å². The molecule has 2 nitrogen and oxygen atoms in total. The van der Waals surface area contributed by atoms with Crippen molar-refractivity contribution in [2.75, 3.05) is 0 Å². The van der Waals surface area contributed by atoms with E-state index in [2.05, 4.69) is 0 Å². The summed E-state index contributed by atoms with van der Waals surface area (Å²) in [5.41, 5.74) is 1.58. The highest BCUT2D eigenvalue weighted by Crippen LogP contribution is 2.30. The lowest BCUT2D eigenvalue weighted by molar-refractivity contribution is -0.186. The Morgan fingerprint density at radius 1 is 1.00 bits per heavy atom. The average Bonchev–Trinajstić information content (AvgIpc) is 2.76. The van der Waals surface area contributed by atoms with Crippen molar-refractivity contribution >= 4 is 16.7 Å². The fourth-order valence-corrected chi connectivity index (χ4v) is 2.42. The summed E-state index contributed by atoms with van der Waals surface area (Å²) in [5.74, 6) is -1.77. The second-order valence-electron chi connectivity index (χ2n) is 4.63. The second kappa shape index (κ2) is 3.98. The fraction of sp³-hybridized carbons (Fsp3) is 0.214. The minimum atomic E-state index is -4.80. The van der Waals surface area contributed by atoms with Crippen LogP contribution in [0.4, 0.5) is 13.2 Å². The smallest absolute Gasteiger partial charge is 0.326 e. The van der Waals surface area contributed by atoms with Gasteiger partial charge in [-0.1, -0.05) is 24.3 Å². The number of rotatable bonds is 0. The molecule has 0 saturated heterocycles. The average molecular weight is 265 g/mol. The van der Waals surface area contributed by atoms with Crippen LogP contribution in [0.2, 0.25) is 0 Å². The van der Waals surface area contributed by atoms with Crippen molar-refractivity contribution in [1.29, 1.82) is 0 Å². The quantitative estimate of drug-likeness (QED) is 0.716. The number of amides is 1. The van der Waals surface area contributed by atoms with E-state index in [4.69, 9.17) is 0 Å². The lowest BCUT2D eigenvalue weighted by atomic mass is 10.0. The van der Waals surface area contributed by atoms with Gasteiger partial charge in [-0.2, -0.15) is 13.2 Å². The Labute approximate surface area is 107 Å². The van der Waals surface area contributed by atoms with Gasteiger partial charge in [0.2, 0.25) is 0 Å². The van der Waals surface area contributed by atoms with Gasteiger partial charge in [0.15, 0.2) is 0 Å². The zero-order valence-corrected chi connectivity index (χ0v) is 9.87. The predicted molar refractivity (Wildman–Crippen MR) is 64.3 cm³/mol. The van der Waals surface area contributed by atoms with Crippen molar-refractivity contribution in [1.82, 2.24) is 4.90 Å². The van der Waals surface area contributed by atoms with E-state index >= 15 is 0 Å². The molecule has 1 heterocycles. The monoisotopic (exact) mass is 265 g/mol. The number of benzene rings is 2. The molecule has 0 radical (unpaired) electrons. The maximum atomic E-state index is 12.4. The molecular formula is C14H10F3NO. The van der Waals surface area contributed by atoms with Gasteiger partial charge in [-0.15, -0.1) is 0 Å². The molecule has 98 valence electrons. The third-order valence-electron chi connectivity index (χ3n) is 3.32. The normalized spacial score (nSPS) is 14.8. The Hall–Kier alpha value is -2.04. The molecule has 0 bridgehead atoms. The summed E-state index contributed by atoms with van der Waals surface area (Å²) >= 11 is 0. The molecule has 1 amide bonds. The third kappa shape index (κ3) is 2.05. The molecule has 0 saturated carbocycles. The highest BCUT2D eigenvalue weighted by molar-refractivity contribution is 5.86. The number of carbonyl (C=O) groups is 1. The van der Waals surface area contributed by atoms with Crippen LogP contribution in [0.5, 0.6) is 0 Å². The first-order chi connectivity index (χ1) is 8.95. The van der Waals surface area contributed by atoms with Crippen molar-refractivity contribution < 1.29 is 18.0 Å². The summed E-state index contributed by atoms with van der Waals surface area (Å²) < 4.78 is 37.2. The van der Waals surface area contributed by atoms with E-state index in [1.54, 1.807) is 0 Å². The number of fused-ring (bicyclic) bond motifs is 2. The van der Waals surface area contributed by atoms with Gasteiger partial charge in [0.25, 0.3) is 0 Å². The van der Waals surface area contributed by atoms with Crippen molar-refractivity contribution in [2.24, 2.45) is 0 Å². The molecule has 3 rings (SSSR count). The molecule has 2 aromatic carbocycles. The maximum Gasteiger partial charge on any atom is 0.471 e. The summed E-state index contributed by atoms with van der Waals surface area (Å²) in [6.07, 6.45) is -4.80. The minimum absolute atomic E-state index is 0.0263. The van der Waals surface area contributed by atoms with Gasteiger partial charge in [0.05, 0.1) is 0 Å². The topological polar surface area (TPSA) is 20.3 Å². The molecule has 0 N–H and O–H groups in total. The molecule has 0 aromatic heterocycles. The van der Waals surface area contributed by atoms with Crippen LogP contribution in [0.15, 0.2) is 36.4 Å². The van der Waals surface area contributed by atoms with E-state index in [0.29, 0.717) is 0 Å². The van der Waals surface area contributed by atoms with Crippen molar-refractivity contribution in [3.8, 4) is 0 Å². The molecule has 19 heavy (non-hydrogen) atoms. The molecule has 0 unspecified atom stereocenters. The maximum absolute atomic E-state index is 12.4. The van der Waals surface area contributed by atoms with Gasteiger partial charge in [-0.3, -0.25) is 4.79 Å². The van der Waals surface area contributed by atoms with Gasteiger partial charge in [0, 0.05) is 13.1 Å². The van der Waals surface area contributed by atoms with Crippen LogP contribution in [-0.2, 0) is 17.9 Å². The first kappa shape index (κ1) is 12.0. The number of carbonyl (C=O) groups excluding carboxylic acids is 1. The second-order valence-corrected chi connectivity index (χ2v) is 4.63. The van der Waals surface area contributed by atoms with Crippen molar-refractivity contribution in [3.63, 3.8) is 0 Å². The van der Waals surface area contributed by atoms with Crippen LogP contribution in [0, 0.1) is 0 Å². The molecule has 1 aliphatic heterocycles. The standard InChI is InChI=1S/C14H10F3NO/c15-14(16,17)13(19)18-7-11-5-9-3-1-2-4-10(9)6-12(11)8-18/h1-6H,7-8H2. The van der Waals surface area contributed by atoms with E-state index < -0.39 is 12.1 Å².